The zero-order chi connectivity index (χ0) is 17.4. The molecule has 1 aromatic rings. The van der Waals surface area contributed by atoms with E-state index in [-0.39, 0.29) is 24.1 Å². The molecule has 1 atom stereocenters. The van der Waals surface area contributed by atoms with Crippen molar-refractivity contribution in [2.45, 2.75) is 45.6 Å². The van der Waals surface area contributed by atoms with Crippen molar-refractivity contribution in [1.82, 2.24) is 10.2 Å². The first kappa shape index (κ1) is 21.5. The molecule has 1 aliphatic rings. The molecule has 1 N–H and O–H groups in total. The Hall–Kier alpha value is -1.59. The average molecular weight is 369 g/mol. The fourth-order valence-electron chi connectivity index (χ4n) is 2.83. The molecule has 1 saturated heterocycles. The maximum absolute atomic E-state index is 12.1. The summed E-state index contributed by atoms with van der Waals surface area (Å²) in [7, 11) is 0. The number of Topliss-reactive ketones (excluding diaryl/α,β-unsaturated/α-hetero) is 1. The summed E-state index contributed by atoms with van der Waals surface area (Å²) in [6, 6.07) is 7.65. The standard InChI is InChI=1S/C19H28N2O3.ClH/c1-3-18(22)16-7-9-17(10-8-16)24-13-5-4-6-19(23)21-12-11-20-15(2)14-21;/h7-10,15,20H,3-6,11-14H2,1-2H3;1H/t15-;/m1./s1. The van der Waals surface area contributed by atoms with E-state index in [4.69, 9.17) is 4.74 Å². The lowest BCUT2D eigenvalue weighted by atomic mass is 10.1. The molecule has 6 heteroatoms. The molecule has 140 valence electrons. The van der Waals surface area contributed by atoms with Crippen LogP contribution in [0.25, 0.3) is 0 Å². The summed E-state index contributed by atoms with van der Waals surface area (Å²) >= 11 is 0. The molecule has 0 spiro atoms. The number of ether oxygens (including phenoxy) is 1. The normalized spacial score (nSPS) is 16.9. The van der Waals surface area contributed by atoms with Gasteiger partial charge in [-0.1, -0.05) is 6.92 Å². The van der Waals surface area contributed by atoms with Crippen molar-refractivity contribution in [2.75, 3.05) is 26.2 Å². The first-order valence-corrected chi connectivity index (χ1v) is 8.87. The Morgan fingerprint density at radius 2 is 1.96 bits per heavy atom. The molecular formula is C19H29ClN2O3. The number of nitrogens with zero attached hydrogens (tertiary/aromatic N) is 1. The number of carbonyl (C=O) groups excluding carboxylic acids is 2. The Kier molecular flexibility index (Phi) is 9.53. The van der Waals surface area contributed by atoms with E-state index in [2.05, 4.69) is 12.2 Å². The van der Waals surface area contributed by atoms with E-state index < -0.39 is 0 Å². The predicted octanol–water partition coefficient (Wildman–Crippen LogP) is 3.07. The molecule has 1 aromatic carbocycles. The van der Waals surface area contributed by atoms with Gasteiger partial charge in [0.15, 0.2) is 5.78 Å². The molecule has 0 bridgehead atoms. The van der Waals surface area contributed by atoms with Gasteiger partial charge in [-0.2, -0.15) is 0 Å². The van der Waals surface area contributed by atoms with Gasteiger partial charge in [-0.25, -0.2) is 0 Å². The molecular weight excluding hydrogens is 340 g/mol. The van der Waals surface area contributed by atoms with Gasteiger partial charge in [0.2, 0.25) is 5.91 Å². The quantitative estimate of drug-likeness (QED) is 0.566. The topological polar surface area (TPSA) is 58.6 Å². The van der Waals surface area contributed by atoms with E-state index in [0.717, 1.165) is 43.8 Å². The van der Waals surface area contributed by atoms with Gasteiger partial charge in [-0.15, -0.1) is 12.4 Å². The Morgan fingerprint density at radius 3 is 2.60 bits per heavy atom. The van der Waals surface area contributed by atoms with E-state index in [1.807, 2.05) is 24.0 Å². The van der Waals surface area contributed by atoms with Crippen LogP contribution in [0, 0.1) is 0 Å². The zero-order valence-corrected chi connectivity index (χ0v) is 15.9. The maximum Gasteiger partial charge on any atom is 0.222 e. The SMILES string of the molecule is CCC(=O)c1ccc(OCCCCC(=O)N2CCN[C@H](C)C2)cc1.Cl. The number of nitrogens with one attached hydrogen (secondary N) is 1. The summed E-state index contributed by atoms with van der Waals surface area (Å²) in [5.41, 5.74) is 0.723. The lowest BCUT2D eigenvalue weighted by Crippen LogP contribution is -2.51. The van der Waals surface area contributed by atoms with Gasteiger partial charge in [0.25, 0.3) is 0 Å². The van der Waals surface area contributed by atoms with Crippen LogP contribution in [-0.2, 0) is 4.79 Å². The van der Waals surface area contributed by atoms with Crippen LogP contribution in [-0.4, -0.2) is 48.9 Å². The number of ketones is 1. The number of hydrogen-bond donors (Lipinski definition) is 1. The number of rotatable bonds is 8. The fraction of sp³-hybridized carbons (Fsp3) is 0.579. The third kappa shape index (κ3) is 7.04. The number of amides is 1. The van der Waals surface area contributed by atoms with Crippen LogP contribution in [0.4, 0.5) is 0 Å². The third-order valence-electron chi connectivity index (χ3n) is 4.27. The van der Waals surface area contributed by atoms with Crippen molar-refractivity contribution in [3.63, 3.8) is 0 Å². The van der Waals surface area contributed by atoms with Gasteiger partial charge in [-0.3, -0.25) is 9.59 Å². The Balaban J connectivity index is 0.00000312. The molecule has 5 nitrogen and oxygen atoms in total. The fourth-order valence-corrected chi connectivity index (χ4v) is 2.83. The van der Waals surface area contributed by atoms with Crippen molar-refractivity contribution < 1.29 is 14.3 Å². The Morgan fingerprint density at radius 1 is 1.24 bits per heavy atom. The van der Waals surface area contributed by atoms with Crippen LogP contribution in [0.5, 0.6) is 5.75 Å². The number of unbranched alkanes of at least 4 members (excludes halogenated alkanes) is 1. The van der Waals surface area contributed by atoms with E-state index >= 15 is 0 Å². The van der Waals surface area contributed by atoms with Gasteiger partial charge in [0.1, 0.15) is 5.75 Å². The maximum atomic E-state index is 12.1. The zero-order valence-electron chi connectivity index (χ0n) is 15.1. The average Bonchev–Trinajstić information content (AvgIpc) is 2.61. The van der Waals surface area contributed by atoms with E-state index in [1.54, 1.807) is 12.1 Å². The Bertz CT molecular complexity index is 548. The molecule has 2 rings (SSSR count). The second-order valence-corrected chi connectivity index (χ2v) is 6.30. The monoisotopic (exact) mass is 368 g/mol. The summed E-state index contributed by atoms with van der Waals surface area (Å²) in [5, 5.41) is 3.34. The minimum absolute atomic E-state index is 0. The molecule has 0 aromatic heterocycles. The van der Waals surface area contributed by atoms with Crippen molar-refractivity contribution in [2.24, 2.45) is 0 Å². The van der Waals surface area contributed by atoms with Crippen LogP contribution in [0.2, 0.25) is 0 Å². The molecule has 0 unspecified atom stereocenters. The van der Waals surface area contributed by atoms with Gasteiger partial charge in [0, 0.05) is 44.1 Å². The number of halogens is 1. The number of piperazine rings is 1. The summed E-state index contributed by atoms with van der Waals surface area (Å²) in [5.74, 6) is 1.15. The summed E-state index contributed by atoms with van der Waals surface area (Å²) in [4.78, 5) is 25.6. The molecule has 1 aliphatic heterocycles. The molecule has 1 heterocycles. The highest BCUT2D eigenvalue weighted by Gasteiger charge is 2.19. The molecule has 25 heavy (non-hydrogen) atoms. The summed E-state index contributed by atoms with van der Waals surface area (Å²) in [6.07, 6.45) is 2.78. The minimum Gasteiger partial charge on any atom is -0.494 e. The van der Waals surface area contributed by atoms with Crippen molar-refractivity contribution in [3.05, 3.63) is 29.8 Å². The van der Waals surface area contributed by atoms with Crippen molar-refractivity contribution in [1.29, 1.82) is 0 Å². The molecule has 0 saturated carbocycles. The highest BCUT2D eigenvalue weighted by molar-refractivity contribution is 5.95. The molecule has 0 aliphatic carbocycles. The van der Waals surface area contributed by atoms with Gasteiger partial charge >= 0.3 is 0 Å². The minimum atomic E-state index is 0. The highest BCUT2D eigenvalue weighted by atomic mass is 35.5. The van der Waals surface area contributed by atoms with E-state index in [9.17, 15) is 9.59 Å². The number of hydrogen-bond acceptors (Lipinski definition) is 4. The smallest absolute Gasteiger partial charge is 0.222 e. The summed E-state index contributed by atoms with van der Waals surface area (Å²) < 4.78 is 5.67. The van der Waals surface area contributed by atoms with Gasteiger partial charge in [0.05, 0.1) is 6.61 Å². The van der Waals surface area contributed by atoms with E-state index in [0.29, 0.717) is 25.5 Å². The summed E-state index contributed by atoms with van der Waals surface area (Å²) in [6.45, 7) is 7.04. The molecule has 1 amide bonds. The molecule has 0 radical (unpaired) electrons. The van der Waals surface area contributed by atoms with E-state index in [1.165, 1.54) is 0 Å². The van der Waals surface area contributed by atoms with Crippen LogP contribution < -0.4 is 10.1 Å². The van der Waals surface area contributed by atoms with Crippen molar-refractivity contribution >= 4 is 24.1 Å². The highest BCUT2D eigenvalue weighted by Crippen LogP contribution is 2.14. The van der Waals surface area contributed by atoms with Crippen LogP contribution in [0.15, 0.2) is 24.3 Å². The number of benzene rings is 1. The van der Waals surface area contributed by atoms with Gasteiger partial charge in [-0.05, 0) is 44.0 Å². The third-order valence-corrected chi connectivity index (χ3v) is 4.27. The van der Waals surface area contributed by atoms with Crippen LogP contribution in [0.1, 0.15) is 49.9 Å². The van der Waals surface area contributed by atoms with Crippen LogP contribution in [0.3, 0.4) is 0 Å². The Labute approximate surface area is 156 Å². The van der Waals surface area contributed by atoms with Gasteiger partial charge < -0.3 is 15.0 Å². The number of carbonyl (C=O) groups is 2. The molecule has 1 fully saturated rings. The van der Waals surface area contributed by atoms with Crippen LogP contribution >= 0.6 is 12.4 Å². The largest absolute Gasteiger partial charge is 0.494 e. The predicted molar refractivity (Wildman–Crippen MR) is 102 cm³/mol. The lowest BCUT2D eigenvalue weighted by molar-refractivity contribution is -0.132. The first-order chi connectivity index (χ1) is 11.6. The second-order valence-electron chi connectivity index (χ2n) is 6.30. The second kappa shape index (κ2) is 11.1. The first-order valence-electron chi connectivity index (χ1n) is 8.87. The lowest BCUT2D eigenvalue weighted by Gasteiger charge is -2.32. The van der Waals surface area contributed by atoms with Crippen molar-refractivity contribution in [3.8, 4) is 5.75 Å².